The Morgan fingerprint density at radius 1 is 0.970 bits per heavy atom. The summed E-state index contributed by atoms with van der Waals surface area (Å²) in [6, 6.07) is 21.6. The van der Waals surface area contributed by atoms with Crippen molar-refractivity contribution >= 4 is 26.7 Å². The van der Waals surface area contributed by atoms with E-state index in [1.54, 1.807) is 17.0 Å². The molecule has 33 heavy (non-hydrogen) atoms. The van der Waals surface area contributed by atoms with Crippen LogP contribution in [0.1, 0.15) is 43.7 Å². The zero-order valence-corrected chi connectivity index (χ0v) is 20.4. The fourth-order valence-corrected chi connectivity index (χ4v) is 5.99. The lowest BCUT2D eigenvalue weighted by molar-refractivity contribution is -0.135. The zero-order valence-electron chi connectivity index (χ0n) is 19.6. The second kappa shape index (κ2) is 9.65. The molecule has 5 nitrogen and oxygen atoms in total. The van der Waals surface area contributed by atoms with Crippen molar-refractivity contribution in [3.63, 3.8) is 0 Å². The van der Waals surface area contributed by atoms with Gasteiger partial charge in [0, 0.05) is 32.6 Å². The van der Waals surface area contributed by atoms with E-state index in [9.17, 15) is 13.2 Å². The minimum atomic E-state index is -3.53. The molecule has 0 aliphatic carbocycles. The van der Waals surface area contributed by atoms with Crippen LogP contribution in [0.15, 0.2) is 71.6 Å². The molecule has 0 N–H and O–H groups in total. The first kappa shape index (κ1) is 23.5. The maximum Gasteiger partial charge on any atom is 0.243 e. The third-order valence-electron chi connectivity index (χ3n) is 6.60. The quantitative estimate of drug-likeness (QED) is 0.515. The van der Waals surface area contributed by atoms with Crippen LogP contribution in [-0.2, 0) is 21.4 Å². The van der Waals surface area contributed by atoms with Crippen LogP contribution in [0.3, 0.4) is 0 Å². The van der Waals surface area contributed by atoms with Gasteiger partial charge in [-0.25, -0.2) is 8.42 Å². The van der Waals surface area contributed by atoms with E-state index in [0.29, 0.717) is 43.3 Å². The van der Waals surface area contributed by atoms with Crippen molar-refractivity contribution in [3.05, 3.63) is 77.9 Å². The largest absolute Gasteiger partial charge is 0.341 e. The Bertz CT molecular complexity index is 1230. The molecular formula is C27H32N2O3S. The molecule has 1 aliphatic heterocycles. The zero-order chi connectivity index (χ0) is 23.6. The van der Waals surface area contributed by atoms with Crippen LogP contribution in [0.2, 0.25) is 0 Å². The van der Waals surface area contributed by atoms with Crippen LogP contribution in [0, 0.1) is 5.92 Å². The number of carbonyl (C=O) groups excluding carboxylic acids is 1. The van der Waals surface area contributed by atoms with Crippen molar-refractivity contribution in [2.75, 3.05) is 20.1 Å². The molecule has 0 radical (unpaired) electrons. The lowest BCUT2D eigenvalue weighted by Gasteiger charge is -2.32. The van der Waals surface area contributed by atoms with Gasteiger partial charge in [0.25, 0.3) is 0 Å². The smallest absolute Gasteiger partial charge is 0.243 e. The predicted octanol–water partition coefficient (Wildman–Crippen LogP) is 5.02. The molecule has 0 aromatic heterocycles. The van der Waals surface area contributed by atoms with Crippen LogP contribution in [-0.4, -0.2) is 43.7 Å². The molecule has 0 bridgehead atoms. The van der Waals surface area contributed by atoms with Crippen molar-refractivity contribution in [1.82, 2.24) is 9.21 Å². The number of nitrogens with zero attached hydrogens (tertiary/aromatic N) is 2. The fraction of sp³-hybridized carbons (Fsp3) is 0.370. The molecule has 1 saturated heterocycles. The normalized spacial score (nSPS) is 15.8. The summed E-state index contributed by atoms with van der Waals surface area (Å²) >= 11 is 0. The van der Waals surface area contributed by atoms with E-state index >= 15 is 0 Å². The number of hydrogen-bond acceptors (Lipinski definition) is 3. The van der Waals surface area contributed by atoms with E-state index < -0.39 is 10.0 Å². The fourth-order valence-electron chi connectivity index (χ4n) is 4.52. The molecule has 3 aromatic carbocycles. The van der Waals surface area contributed by atoms with E-state index in [-0.39, 0.29) is 11.8 Å². The van der Waals surface area contributed by atoms with Crippen molar-refractivity contribution < 1.29 is 13.2 Å². The second-order valence-electron chi connectivity index (χ2n) is 9.28. The van der Waals surface area contributed by atoms with Gasteiger partial charge >= 0.3 is 0 Å². The Kier molecular flexibility index (Phi) is 6.86. The van der Waals surface area contributed by atoms with Gasteiger partial charge in [-0.15, -0.1) is 0 Å². The summed E-state index contributed by atoms with van der Waals surface area (Å²) in [6.45, 7) is 5.46. The third kappa shape index (κ3) is 5.12. The number of fused-ring (bicyclic) bond motifs is 1. The number of sulfonamides is 1. The SMILES string of the molecule is CC(C)c1ccc(S(=O)(=O)N2CCC(C(=O)N(C)Cc3ccc4ccccc4c3)CC2)cc1. The van der Waals surface area contributed by atoms with Crippen molar-refractivity contribution in [1.29, 1.82) is 0 Å². The van der Waals surface area contributed by atoms with Gasteiger partial charge in [-0.1, -0.05) is 62.4 Å². The van der Waals surface area contributed by atoms with Gasteiger partial charge in [0.15, 0.2) is 0 Å². The van der Waals surface area contributed by atoms with Gasteiger partial charge in [-0.05, 0) is 58.9 Å². The van der Waals surface area contributed by atoms with E-state index in [4.69, 9.17) is 0 Å². The minimum absolute atomic E-state index is 0.0847. The lowest BCUT2D eigenvalue weighted by atomic mass is 9.96. The van der Waals surface area contributed by atoms with Crippen LogP contribution in [0.4, 0.5) is 0 Å². The average molecular weight is 465 g/mol. The molecule has 0 unspecified atom stereocenters. The molecule has 1 aliphatic rings. The first-order valence-corrected chi connectivity index (χ1v) is 13.0. The summed E-state index contributed by atoms with van der Waals surface area (Å²) in [7, 11) is -1.70. The maximum atomic E-state index is 13.1. The highest BCUT2D eigenvalue weighted by molar-refractivity contribution is 7.89. The summed E-state index contributed by atoms with van der Waals surface area (Å²) in [4.78, 5) is 15.1. The van der Waals surface area contributed by atoms with Crippen LogP contribution < -0.4 is 0 Å². The highest BCUT2D eigenvalue weighted by Gasteiger charge is 2.33. The van der Waals surface area contributed by atoms with Crippen molar-refractivity contribution in [2.45, 2.75) is 44.0 Å². The van der Waals surface area contributed by atoms with E-state index in [0.717, 1.165) is 16.5 Å². The molecule has 1 heterocycles. The summed E-state index contributed by atoms with van der Waals surface area (Å²) in [5, 5.41) is 2.35. The number of benzene rings is 3. The Balaban J connectivity index is 1.36. The highest BCUT2D eigenvalue weighted by atomic mass is 32.2. The summed E-state index contributed by atoms with van der Waals surface area (Å²) in [5.41, 5.74) is 2.21. The predicted molar refractivity (Wildman–Crippen MR) is 132 cm³/mol. The molecule has 1 fully saturated rings. The van der Waals surface area contributed by atoms with E-state index in [1.807, 2.05) is 31.3 Å². The number of amides is 1. The standard InChI is InChI=1S/C27H32N2O3S/c1-20(2)22-10-12-26(13-11-22)33(31,32)29-16-14-24(15-17-29)27(30)28(3)19-21-8-9-23-6-4-5-7-25(23)18-21/h4-13,18,20,24H,14-17,19H2,1-3H3. The average Bonchev–Trinajstić information content (AvgIpc) is 2.83. The van der Waals surface area contributed by atoms with Crippen molar-refractivity contribution in [3.8, 4) is 0 Å². The van der Waals surface area contributed by atoms with Gasteiger partial charge in [-0.3, -0.25) is 4.79 Å². The van der Waals surface area contributed by atoms with E-state index in [2.05, 4.69) is 44.2 Å². The molecule has 0 saturated carbocycles. The van der Waals surface area contributed by atoms with E-state index in [1.165, 1.54) is 9.69 Å². The monoisotopic (exact) mass is 464 g/mol. The molecule has 3 aromatic rings. The number of carbonyl (C=O) groups is 1. The van der Waals surface area contributed by atoms with Gasteiger partial charge in [0.2, 0.25) is 15.9 Å². The molecule has 4 rings (SSSR count). The Hall–Kier alpha value is -2.70. The summed E-state index contributed by atoms with van der Waals surface area (Å²) < 4.78 is 27.6. The molecule has 0 atom stereocenters. The minimum Gasteiger partial charge on any atom is -0.341 e. The first-order chi connectivity index (χ1) is 15.8. The molecular weight excluding hydrogens is 432 g/mol. The molecule has 0 spiro atoms. The van der Waals surface area contributed by atoms with Crippen molar-refractivity contribution in [2.24, 2.45) is 5.92 Å². The topological polar surface area (TPSA) is 57.7 Å². The third-order valence-corrected chi connectivity index (χ3v) is 8.51. The van der Waals surface area contributed by atoms with Gasteiger partial charge < -0.3 is 4.90 Å². The highest BCUT2D eigenvalue weighted by Crippen LogP contribution is 2.27. The Morgan fingerprint density at radius 2 is 1.61 bits per heavy atom. The second-order valence-corrected chi connectivity index (χ2v) is 11.2. The van der Waals surface area contributed by atoms with Gasteiger partial charge in [-0.2, -0.15) is 4.31 Å². The first-order valence-electron chi connectivity index (χ1n) is 11.6. The van der Waals surface area contributed by atoms with Crippen LogP contribution in [0.5, 0.6) is 0 Å². The number of piperidine rings is 1. The summed E-state index contributed by atoms with van der Waals surface area (Å²) in [6.07, 6.45) is 1.09. The Labute approximate surface area is 197 Å². The van der Waals surface area contributed by atoms with Gasteiger partial charge in [0.05, 0.1) is 4.90 Å². The maximum absolute atomic E-state index is 13.1. The Morgan fingerprint density at radius 3 is 2.24 bits per heavy atom. The van der Waals surface area contributed by atoms with Crippen LogP contribution in [0.25, 0.3) is 10.8 Å². The van der Waals surface area contributed by atoms with Gasteiger partial charge in [0.1, 0.15) is 0 Å². The molecule has 6 heteroatoms. The van der Waals surface area contributed by atoms with Crippen LogP contribution >= 0.6 is 0 Å². The lowest BCUT2D eigenvalue weighted by Crippen LogP contribution is -2.43. The molecule has 174 valence electrons. The number of rotatable bonds is 6. The molecule has 1 amide bonds. The number of hydrogen-bond donors (Lipinski definition) is 0. The summed E-state index contributed by atoms with van der Waals surface area (Å²) in [5.74, 6) is 0.293.